The number of rotatable bonds is 4. The number of halogens is 2. The van der Waals surface area contributed by atoms with Crippen LogP contribution in [-0.2, 0) is 9.59 Å². The monoisotopic (exact) mass is 388 g/mol. The molecule has 1 aliphatic rings. The van der Waals surface area contributed by atoms with Gasteiger partial charge in [0, 0.05) is 10.0 Å². The second kappa shape index (κ2) is 7.21. The van der Waals surface area contributed by atoms with Crippen molar-refractivity contribution in [3.8, 4) is 0 Å². The molecule has 8 heteroatoms. The summed E-state index contributed by atoms with van der Waals surface area (Å²) in [7, 11) is 0. The summed E-state index contributed by atoms with van der Waals surface area (Å²) in [5.41, 5.74) is 0.603. The van der Waals surface area contributed by atoms with Gasteiger partial charge in [0.2, 0.25) is 0 Å². The molecular weight excluding hydrogens is 377 g/mol. The molecule has 23 heavy (non-hydrogen) atoms. The van der Waals surface area contributed by atoms with Gasteiger partial charge < -0.3 is 9.90 Å². The number of carboxylic acids is 1. The number of carbonyl (C=O) groups is 2. The number of thiocarbonyl (C=S) groups is 1. The van der Waals surface area contributed by atoms with Crippen LogP contribution < -0.4 is 5.11 Å². The zero-order valence-corrected chi connectivity index (χ0v) is 15.4. The second-order valence-electron chi connectivity index (χ2n) is 5.23. The molecule has 1 amide bonds. The van der Waals surface area contributed by atoms with E-state index in [9.17, 15) is 14.7 Å². The molecule has 4 nitrogen and oxygen atoms in total. The summed E-state index contributed by atoms with van der Waals surface area (Å²) in [4.78, 5) is 25.3. The Morgan fingerprint density at radius 3 is 2.57 bits per heavy atom. The van der Waals surface area contributed by atoms with Crippen LogP contribution in [0.4, 0.5) is 0 Å². The first-order valence-electron chi connectivity index (χ1n) is 6.65. The lowest BCUT2D eigenvalue weighted by Gasteiger charge is -2.30. The van der Waals surface area contributed by atoms with E-state index in [2.05, 4.69) is 0 Å². The summed E-state index contributed by atoms with van der Waals surface area (Å²) in [6.45, 7) is 3.39. The van der Waals surface area contributed by atoms with Crippen molar-refractivity contribution in [2.45, 2.75) is 19.9 Å². The Kier molecular flexibility index (Phi) is 5.73. The minimum absolute atomic E-state index is 0.189. The maximum atomic E-state index is 12.5. The van der Waals surface area contributed by atoms with E-state index in [1.165, 1.54) is 0 Å². The van der Waals surface area contributed by atoms with Gasteiger partial charge >= 0.3 is 0 Å². The van der Waals surface area contributed by atoms with Crippen molar-refractivity contribution in [3.05, 3.63) is 38.7 Å². The van der Waals surface area contributed by atoms with Crippen LogP contribution in [0.3, 0.4) is 0 Å². The molecule has 1 unspecified atom stereocenters. The molecule has 1 saturated heterocycles. The minimum Gasteiger partial charge on any atom is -0.548 e. The molecule has 1 fully saturated rings. The van der Waals surface area contributed by atoms with E-state index in [1.54, 1.807) is 38.1 Å². The van der Waals surface area contributed by atoms with Crippen LogP contribution in [0.15, 0.2) is 23.1 Å². The van der Waals surface area contributed by atoms with Crippen LogP contribution >= 0.6 is 47.2 Å². The van der Waals surface area contributed by atoms with Gasteiger partial charge in [0.25, 0.3) is 5.91 Å². The van der Waals surface area contributed by atoms with Crippen LogP contribution in [0.5, 0.6) is 0 Å². The highest BCUT2D eigenvalue weighted by molar-refractivity contribution is 8.26. The minimum atomic E-state index is -1.33. The average Bonchev–Trinajstić information content (AvgIpc) is 2.69. The summed E-state index contributed by atoms with van der Waals surface area (Å²) < 4.78 is 0.189. The predicted octanol–water partition coefficient (Wildman–Crippen LogP) is 2.97. The fourth-order valence-electron chi connectivity index (χ4n) is 2.16. The zero-order chi connectivity index (χ0) is 17.3. The lowest BCUT2D eigenvalue weighted by atomic mass is 10.0. The molecule has 1 aromatic carbocycles. The third-order valence-corrected chi connectivity index (χ3v) is 5.12. The highest BCUT2D eigenvalue weighted by Crippen LogP contribution is 2.36. The number of benzene rings is 1. The molecule has 2 rings (SSSR count). The van der Waals surface area contributed by atoms with E-state index in [4.69, 9.17) is 35.4 Å². The maximum Gasteiger partial charge on any atom is 0.266 e. The number of nitrogens with zero attached hydrogens (tertiary/aromatic N) is 1. The van der Waals surface area contributed by atoms with Gasteiger partial charge in [0.15, 0.2) is 0 Å². The number of aliphatic carboxylic acids is 1. The van der Waals surface area contributed by atoms with E-state index in [0.717, 1.165) is 16.7 Å². The van der Waals surface area contributed by atoms with E-state index in [1.807, 2.05) is 0 Å². The van der Waals surface area contributed by atoms with Crippen molar-refractivity contribution < 1.29 is 14.7 Å². The lowest BCUT2D eigenvalue weighted by Crippen LogP contribution is -2.52. The van der Waals surface area contributed by atoms with E-state index in [-0.39, 0.29) is 10.2 Å². The SMILES string of the molecule is CC(C)C(C(=O)[O-])N1C(=O)C(=Cc2ccc(Cl)cc2Cl)SC1=S. The van der Waals surface area contributed by atoms with Crippen molar-refractivity contribution in [3.63, 3.8) is 0 Å². The van der Waals surface area contributed by atoms with Gasteiger partial charge in [0.05, 0.1) is 16.9 Å². The van der Waals surface area contributed by atoms with Crippen molar-refractivity contribution in [1.29, 1.82) is 0 Å². The lowest BCUT2D eigenvalue weighted by molar-refractivity contribution is -0.311. The summed E-state index contributed by atoms with van der Waals surface area (Å²) in [6, 6.07) is 3.79. The Labute approximate surface area is 153 Å². The van der Waals surface area contributed by atoms with Gasteiger partial charge in [-0.1, -0.05) is 67.1 Å². The molecule has 1 atom stereocenters. The topological polar surface area (TPSA) is 60.4 Å². The van der Waals surface area contributed by atoms with Crippen molar-refractivity contribution >= 4 is 69.5 Å². The molecule has 0 aromatic heterocycles. The Balaban J connectivity index is 2.37. The molecule has 0 N–H and O–H groups in total. The van der Waals surface area contributed by atoms with E-state index in [0.29, 0.717) is 20.5 Å². The second-order valence-corrected chi connectivity index (χ2v) is 7.74. The normalized spacial score (nSPS) is 18.1. The molecule has 0 bridgehead atoms. The summed E-state index contributed by atoms with van der Waals surface area (Å²) in [5, 5.41) is 12.2. The maximum absolute atomic E-state index is 12.5. The molecule has 1 aliphatic heterocycles. The van der Waals surface area contributed by atoms with Crippen LogP contribution in [0.2, 0.25) is 10.0 Å². The van der Waals surface area contributed by atoms with Gasteiger partial charge in [-0.05, 0) is 29.7 Å². The highest BCUT2D eigenvalue weighted by Gasteiger charge is 2.39. The molecule has 0 saturated carbocycles. The predicted molar refractivity (Wildman–Crippen MR) is 95.1 cm³/mol. The molecule has 122 valence electrons. The van der Waals surface area contributed by atoms with Gasteiger partial charge in [0.1, 0.15) is 4.32 Å². The molecular formula is C15H12Cl2NO3S2-. The Morgan fingerprint density at radius 2 is 2.04 bits per heavy atom. The van der Waals surface area contributed by atoms with Gasteiger partial charge in [-0.2, -0.15) is 0 Å². The number of carboxylic acid groups (broad SMARTS) is 1. The number of carbonyl (C=O) groups excluding carboxylic acids is 2. The van der Waals surface area contributed by atoms with E-state index >= 15 is 0 Å². The molecule has 0 spiro atoms. The first kappa shape index (κ1) is 18.3. The summed E-state index contributed by atoms with van der Waals surface area (Å²) in [6.07, 6.45) is 1.57. The number of thioether (sulfide) groups is 1. The first-order chi connectivity index (χ1) is 10.7. The molecule has 0 aliphatic carbocycles. The quantitative estimate of drug-likeness (QED) is 0.585. The third kappa shape index (κ3) is 3.88. The number of hydrogen-bond acceptors (Lipinski definition) is 5. The summed E-state index contributed by atoms with van der Waals surface area (Å²) >= 11 is 18.1. The van der Waals surface area contributed by atoms with Crippen LogP contribution in [0.1, 0.15) is 19.4 Å². The fourth-order valence-corrected chi connectivity index (χ4v) is 3.94. The summed E-state index contributed by atoms with van der Waals surface area (Å²) in [5.74, 6) is -2.13. The van der Waals surface area contributed by atoms with Crippen molar-refractivity contribution in [2.75, 3.05) is 0 Å². The molecule has 1 aromatic rings. The highest BCUT2D eigenvalue weighted by atomic mass is 35.5. The van der Waals surface area contributed by atoms with Gasteiger partial charge in [-0.3, -0.25) is 9.69 Å². The fraction of sp³-hybridized carbons (Fsp3) is 0.267. The van der Waals surface area contributed by atoms with Gasteiger partial charge in [-0.25, -0.2) is 0 Å². The van der Waals surface area contributed by atoms with E-state index < -0.39 is 17.9 Å². The first-order valence-corrected chi connectivity index (χ1v) is 8.63. The number of hydrogen-bond donors (Lipinski definition) is 0. The van der Waals surface area contributed by atoms with Crippen LogP contribution in [-0.4, -0.2) is 27.1 Å². The van der Waals surface area contributed by atoms with Gasteiger partial charge in [-0.15, -0.1) is 0 Å². The Hall–Kier alpha value is -1.08. The molecule has 1 heterocycles. The Bertz CT molecular complexity index is 719. The Morgan fingerprint density at radius 1 is 1.39 bits per heavy atom. The number of amides is 1. The van der Waals surface area contributed by atoms with Crippen molar-refractivity contribution in [1.82, 2.24) is 4.90 Å². The smallest absolute Gasteiger partial charge is 0.266 e. The van der Waals surface area contributed by atoms with Crippen LogP contribution in [0, 0.1) is 5.92 Å². The van der Waals surface area contributed by atoms with Crippen LogP contribution in [0.25, 0.3) is 6.08 Å². The largest absolute Gasteiger partial charge is 0.548 e. The standard InChI is InChI=1S/C15H13Cl2NO3S2/c1-7(2)12(14(20)21)18-13(19)11(23-15(18)22)5-8-3-4-9(16)6-10(8)17/h3-7,12H,1-2H3,(H,20,21)/p-1. The third-order valence-electron chi connectivity index (χ3n) is 3.22. The average molecular weight is 389 g/mol. The van der Waals surface area contributed by atoms with Crippen molar-refractivity contribution in [2.24, 2.45) is 5.92 Å². The molecule has 0 radical (unpaired) electrons. The zero-order valence-electron chi connectivity index (χ0n) is 12.2.